The van der Waals surface area contributed by atoms with Crippen LogP contribution in [-0.2, 0) is 21.7 Å². The summed E-state index contributed by atoms with van der Waals surface area (Å²) in [6.45, 7) is 2.24. The van der Waals surface area contributed by atoms with Crippen LogP contribution in [0.5, 0.6) is 0 Å². The van der Waals surface area contributed by atoms with E-state index in [1.165, 1.54) is 30.4 Å². The molecule has 0 fully saturated rings. The van der Waals surface area contributed by atoms with Crippen LogP contribution in [0.2, 0.25) is 0 Å². The second kappa shape index (κ2) is 9.64. The fourth-order valence-electron chi connectivity index (χ4n) is 1.89. The molecule has 1 unspecified atom stereocenters. The Labute approximate surface area is 134 Å². The van der Waals surface area contributed by atoms with Gasteiger partial charge in [-0.3, -0.25) is 6.08 Å². The van der Waals surface area contributed by atoms with E-state index < -0.39 is 0 Å². The first kappa shape index (κ1) is 19.0. The van der Waals surface area contributed by atoms with Crippen LogP contribution >= 0.6 is 0 Å². The molecular formula is C13H15Br2Ti. The molecule has 0 heterocycles. The van der Waals surface area contributed by atoms with Gasteiger partial charge in [-0.15, -0.1) is 11.6 Å². The SMILES string of the molecule is CCCCC1[C-]=Cc2ccccc21.[Br-].[Br-].[Ti+3]. The zero-order chi connectivity index (χ0) is 9.10. The average molecular weight is 379 g/mol. The molecule has 85 valence electrons. The Morgan fingerprint density at radius 2 is 1.88 bits per heavy atom. The second-order valence-corrected chi connectivity index (χ2v) is 3.63. The van der Waals surface area contributed by atoms with E-state index in [9.17, 15) is 0 Å². The van der Waals surface area contributed by atoms with Gasteiger partial charge < -0.3 is 34.0 Å². The fourth-order valence-corrected chi connectivity index (χ4v) is 1.89. The van der Waals surface area contributed by atoms with Crippen LogP contribution in [0.3, 0.4) is 0 Å². The molecule has 1 atom stereocenters. The van der Waals surface area contributed by atoms with E-state index in [2.05, 4.69) is 43.3 Å². The summed E-state index contributed by atoms with van der Waals surface area (Å²) >= 11 is 0. The monoisotopic (exact) mass is 377 g/mol. The first-order valence-electron chi connectivity index (χ1n) is 5.10. The largest absolute Gasteiger partial charge is 3.00 e. The van der Waals surface area contributed by atoms with Crippen molar-refractivity contribution in [3.63, 3.8) is 0 Å². The number of hydrogen-bond acceptors (Lipinski definition) is 0. The molecular weight excluding hydrogens is 364 g/mol. The van der Waals surface area contributed by atoms with Crippen molar-refractivity contribution in [1.82, 2.24) is 0 Å². The van der Waals surface area contributed by atoms with Crippen molar-refractivity contribution in [1.29, 1.82) is 0 Å². The van der Waals surface area contributed by atoms with Gasteiger partial charge in [-0.05, 0) is 0 Å². The molecule has 1 aliphatic carbocycles. The number of halogens is 2. The summed E-state index contributed by atoms with van der Waals surface area (Å²) in [7, 11) is 0. The molecule has 0 aromatic heterocycles. The molecule has 1 aromatic carbocycles. The van der Waals surface area contributed by atoms with Crippen molar-refractivity contribution in [3.05, 3.63) is 41.5 Å². The number of unbranched alkanes of at least 4 members (excludes halogenated alkanes) is 1. The Morgan fingerprint density at radius 3 is 2.56 bits per heavy atom. The summed E-state index contributed by atoms with van der Waals surface area (Å²) in [5.41, 5.74) is 2.83. The quantitative estimate of drug-likeness (QED) is 0.413. The maximum atomic E-state index is 3.43. The van der Waals surface area contributed by atoms with E-state index >= 15 is 0 Å². The third-order valence-corrected chi connectivity index (χ3v) is 2.66. The van der Waals surface area contributed by atoms with E-state index in [0.29, 0.717) is 5.92 Å². The Bertz CT molecular complexity index is 323. The normalized spacial score (nSPS) is 15.4. The summed E-state index contributed by atoms with van der Waals surface area (Å²) in [4.78, 5) is 0. The van der Waals surface area contributed by atoms with Crippen LogP contribution in [0.1, 0.15) is 43.2 Å². The van der Waals surface area contributed by atoms with Crippen molar-refractivity contribution in [3.8, 4) is 0 Å². The minimum Gasteiger partial charge on any atom is -1.00 e. The number of benzene rings is 1. The summed E-state index contributed by atoms with van der Waals surface area (Å²) in [6.07, 6.45) is 9.40. The third kappa shape index (κ3) is 4.48. The maximum Gasteiger partial charge on any atom is 3.00 e. The Balaban J connectivity index is 0. The van der Waals surface area contributed by atoms with E-state index in [1.807, 2.05) is 0 Å². The van der Waals surface area contributed by atoms with Gasteiger partial charge in [-0.2, -0.15) is 5.56 Å². The van der Waals surface area contributed by atoms with Gasteiger partial charge in [0.2, 0.25) is 0 Å². The fraction of sp³-hybridized carbons (Fsp3) is 0.385. The van der Waals surface area contributed by atoms with Gasteiger partial charge in [0, 0.05) is 0 Å². The van der Waals surface area contributed by atoms with Crippen molar-refractivity contribution < 1.29 is 55.7 Å². The first-order valence-corrected chi connectivity index (χ1v) is 5.10. The molecule has 0 aliphatic heterocycles. The van der Waals surface area contributed by atoms with Gasteiger partial charge in [0.15, 0.2) is 0 Å². The topological polar surface area (TPSA) is 0 Å². The standard InChI is InChI=1S/C13H15.2BrH.Ti/c1-2-3-6-11-9-10-12-7-4-5-8-13(11)12;;;/h4-5,7-8,10-11H,2-3,6H2,1H3;2*1H;/q-1;;;+3/p-2. The predicted molar refractivity (Wildman–Crippen MR) is 56.4 cm³/mol. The maximum absolute atomic E-state index is 3.43. The van der Waals surface area contributed by atoms with Crippen LogP contribution < -0.4 is 34.0 Å². The Morgan fingerprint density at radius 1 is 1.19 bits per heavy atom. The molecule has 1 aliphatic rings. The molecule has 0 bridgehead atoms. The molecule has 16 heavy (non-hydrogen) atoms. The zero-order valence-corrected chi connectivity index (χ0v) is 14.1. The summed E-state index contributed by atoms with van der Waals surface area (Å²) < 4.78 is 0. The van der Waals surface area contributed by atoms with E-state index in [1.54, 1.807) is 0 Å². The predicted octanol–water partition coefficient (Wildman–Crippen LogP) is -2.20. The summed E-state index contributed by atoms with van der Waals surface area (Å²) in [5, 5.41) is 0. The summed E-state index contributed by atoms with van der Waals surface area (Å²) in [5.74, 6) is 0.566. The van der Waals surface area contributed by atoms with Gasteiger partial charge in [-0.25, -0.2) is 6.08 Å². The minimum atomic E-state index is 0. The van der Waals surface area contributed by atoms with Crippen LogP contribution in [0.25, 0.3) is 6.08 Å². The van der Waals surface area contributed by atoms with E-state index in [4.69, 9.17) is 0 Å². The van der Waals surface area contributed by atoms with E-state index in [-0.39, 0.29) is 55.7 Å². The molecule has 0 saturated carbocycles. The molecule has 3 heteroatoms. The Kier molecular flexibility index (Phi) is 11.4. The van der Waals surface area contributed by atoms with Gasteiger partial charge in [0.1, 0.15) is 0 Å². The van der Waals surface area contributed by atoms with Gasteiger partial charge in [0.25, 0.3) is 0 Å². The summed E-state index contributed by atoms with van der Waals surface area (Å²) in [6, 6.07) is 8.62. The van der Waals surface area contributed by atoms with Crippen LogP contribution in [0.4, 0.5) is 0 Å². The Hall–Kier alpha value is 0.634. The molecule has 0 spiro atoms. The number of rotatable bonds is 3. The average Bonchev–Trinajstić information content (AvgIpc) is 2.58. The molecule has 1 aromatic rings. The third-order valence-electron chi connectivity index (χ3n) is 2.66. The smallest absolute Gasteiger partial charge is 1.00 e. The molecule has 0 saturated heterocycles. The van der Waals surface area contributed by atoms with Crippen molar-refractivity contribution in [2.24, 2.45) is 0 Å². The molecule has 0 amide bonds. The minimum absolute atomic E-state index is 0. The van der Waals surface area contributed by atoms with Gasteiger partial charge in [0.05, 0.1) is 0 Å². The molecule has 0 N–H and O–H groups in total. The van der Waals surface area contributed by atoms with Crippen molar-refractivity contribution in [2.45, 2.75) is 32.1 Å². The molecule has 0 nitrogen and oxygen atoms in total. The first-order chi connectivity index (χ1) is 6.42. The van der Waals surface area contributed by atoms with Gasteiger partial charge in [-0.1, -0.05) is 50.3 Å². The number of allylic oxidation sites excluding steroid dienone is 1. The van der Waals surface area contributed by atoms with Crippen LogP contribution in [0, 0.1) is 6.08 Å². The van der Waals surface area contributed by atoms with Crippen LogP contribution in [-0.4, -0.2) is 0 Å². The zero-order valence-electron chi connectivity index (χ0n) is 9.34. The van der Waals surface area contributed by atoms with Gasteiger partial charge >= 0.3 is 21.7 Å². The second-order valence-electron chi connectivity index (χ2n) is 3.63. The number of hydrogen-bond donors (Lipinski definition) is 0. The van der Waals surface area contributed by atoms with Crippen molar-refractivity contribution in [2.75, 3.05) is 0 Å². The van der Waals surface area contributed by atoms with Crippen molar-refractivity contribution >= 4 is 6.08 Å². The van der Waals surface area contributed by atoms with Crippen LogP contribution in [0.15, 0.2) is 24.3 Å². The number of fused-ring (bicyclic) bond motifs is 1. The molecule has 2 rings (SSSR count). The van der Waals surface area contributed by atoms with E-state index in [0.717, 1.165) is 0 Å². The molecule has 1 radical (unpaired) electrons.